The van der Waals surface area contributed by atoms with Crippen LogP contribution in [0.2, 0.25) is 0 Å². The summed E-state index contributed by atoms with van der Waals surface area (Å²) >= 11 is 0. The first-order valence-electron chi connectivity index (χ1n) is 4.87. The highest BCUT2D eigenvalue weighted by atomic mass is 16.5. The molecule has 0 aromatic carbocycles. The number of piperidine rings is 1. The van der Waals surface area contributed by atoms with E-state index in [0.29, 0.717) is 18.1 Å². The lowest BCUT2D eigenvalue weighted by molar-refractivity contribution is 0.0923. The maximum Gasteiger partial charge on any atom is 0.0704 e. The predicted octanol–water partition coefficient (Wildman–Crippen LogP) is 0.104. The van der Waals surface area contributed by atoms with Crippen molar-refractivity contribution in [2.24, 2.45) is 11.1 Å². The molecule has 2 aliphatic heterocycles. The first-order chi connectivity index (χ1) is 5.85. The second-order valence-corrected chi connectivity index (χ2v) is 4.15. The number of rotatable bonds is 1. The Morgan fingerprint density at radius 2 is 2.50 bits per heavy atom. The summed E-state index contributed by atoms with van der Waals surface area (Å²) in [5.74, 6) is 0. The Kier molecular flexibility index (Phi) is 2.35. The van der Waals surface area contributed by atoms with E-state index in [-0.39, 0.29) is 0 Å². The highest BCUT2D eigenvalue weighted by molar-refractivity contribution is 4.92. The quantitative estimate of drug-likeness (QED) is 0.587. The van der Waals surface area contributed by atoms with Crippen LogP contribution in [0.25, 0.3) is 0 Å². The van der Waals surface area contributed by atoms with Gasteiger partial charge in [0.1, 0.15) is 0 Å². The summed E-state index contributed by atoms with van der Waals surface area (Å²) in [4.78, 5) is 0. The Morgan fingerprint density at radius 3 is 3.08 bits per heavy atom. The summed E-state index contributed by atoms with van der Waals surface area (Å²) in [5.41, 5.74) is 6.01. The van der Waals surface area contributed by atoms with Crippen molar-refractivity contribution in [3.63, 3.8) is 0 Å². The maximum absolute atomic E-state index is 5.63. The van der Waals surface area contributed by atoms with Gasteiger partial charge in [-0.25, -0.2) is 0 Å². The van der Waals surface area contributed by atoms with Crippen LogP contribution in [0.5, 0.6) is 0 Å². The Balaban J connectivity index is 1.94. The fourth-order valence-electron chi connectivity index (χ4n) is 2.37. The zero-order valence-electron chi connectivity index (χ0n) is 7.51. The second-order valence-electron chi connectivity index (χ2n) is 4.15. The lowest BCUT2D eigenvalue weighted by atomic mass is 9.79. The molecule has 1 spiro atoms. The second kappa shape index (κ2) is 3.32. The van der Waals surface area contributed by atoms with E-state index in [1.165, 1.54) is 19.4 Å². The molecule has 3 N–H and O–H groups in total. The van der Waals surface area contributed by atoms with Crippen LogP contribution in [0.4, 0.5) is 0 Å². The molecule has 70 valence electrons. The van der Waals surface area contributed by atoms with Gasteiger partial charge in [0, 0.05) is 18.5 Å². The summed E-state index contributed by atoms with van der Waals surface area (Å²) in [7, 11) is 0. The minimum Gasteiger partial charge on any atom is -0.376 e. The lowest BCUT2D eigenvalue weighted by Gasteiger charge is -2.32. The monoisotopic (exact) mass is 170 g/mol. The third-order valence-electron chi connectivity index (χ3n) is 3.11. The van der Waals surface area contributed by atoms with Gasteiger partial charge in [-0.2, -0.15) is 0 Å². The summed E-state index contributed by atoms with van der Waals surface area (Å²) in [5, 5.41) is 3.44. The van der Waals surface area contributed by atoms with Gasteiger partial charge in [0.25, 0.3) is 0 Å². The molecule has 2 rings (SSSR count). The van der Waals surface area contributed by atoms with Crippen LogP contribution in [-0.4, -0.2) is 32.3 Å². The molecule has 2 fully saturated rings. The fraction of sp³-hybridized carbons (Fsp3) is 1.00. The zero-order valence-corrected chi connectivity index (χ0v) is 7.51. The van der Waals surface area contributed by atoms with Crippen molar-refractivity contribution in [3.05, 3.63) is 0 Å². The minimum absolute atomic E-state index is 0.324. The molecular formula is C9H18N2O. The van der Waals surface area contributed by atoms with Crippen molar-refractivity contribution < 1.29 is 4.74 Å². The fourth-order valence-corrected chi connectivity index (χ4v) is 2.37. The van der Waals surface area contributed by atoms with E-state index in [1.54, 1.807) is 0 Å². The zero-order chi connectivity index (χ0) is 8.44. The number of nitrogens with two attached hydrogens (primary N) is 1. The molecule has 0 aliphatic carbocycles. The topological polar surface area (TPSA) is 47.3 Å². The minimum atomic E-state index is 0.324. The summed E-state index contributed by atoms with van der Waals surface area (Å²) in [6, 6.07) is 0. The molecule has 0 bridgehead atoms. The average molecular weight is 170 g/mol. The third-order valence-corrected chi connectivity index (χ3v) is 3.11. The molecule has 2 saturated heterocycles. The molecule has 2 heterocycles. The van der Waals surface area contributed by atoms with Crippen LogP contribution >= 0.6 is 0 Å². The molecule has 0 saturated carbocycles. The Morgan fingerprint density at radius 1 is 1.58 bits per heavy atom. The summed E-state index contributed by atoms with van der Waals surface area (Å²) in [6.07, 6.45) is 4.10. The number of hydrogen-bond acceptors (Lipinski definition) is 3. The SMILES string of the molecule is NC[C@@H]1C[C@@]2(CCCNC2)CO1. The molecule has 3 heteroatoms. The molecule has 3 nitrogen and oxygen atoms in total. The van der Waals surface area contributed by atoms with Gasteiger partial charge in [-0.1, -0.05) is 0 Å². The van der Waals surface area contributed by atoms with Crippen LogP contribution in [0, 0.1) is 5.41 Å². The number of nitrogens with one attached hydrogen (secondary N) is 1. The van der Waals surface area contributed by atoms with Gasteiger partial charge in [-0.3, -0.25) is 0 Å². The number of ether oxygens (including phenoxy) is 1. The van der Waals surface area contributed by atoms with Gasteiger partial charge in [-0.05, 0) is 25.8 Å². The molecular weight excluding hydrogens is 152 g/mol. The van der Waals surface area contributed by atoms with E-state index in [4.69, 9.17) is 10.5 Å². The average Bonchev–Trinajstić information content (AvgIpc) is 2.50. The molecule has 0 radical (unpaired) electrons. The van der Waals surface area contributed by atoms with Gasteiger partial charge in [0.2, 0.25) is 0 Å². The normalized spacial score (nSPS) is 42.2. The molecule has 12 heavy (non-hydrogen) atoms. The van der Waals surface area contributed by atoms with E-state index in [9.17, 15) is 0 Å². The van der Waals surface area contributed by atoms with Gasteiger partial charge >= 0.3 is 0 Å². The molecule has 0 amide bonds. The van der Waals surface area contributed by atoms with Crippen molar-refractivity contribution in [1.82, 2.24) is 5.32 Å². The van der Waals surface area contributed by atoms with Crippen molar-refractivity contribution in [2.75, 3.05) is 26.2 Å². The molecule has 0 aromatic heterocycles. The van der Waals surface area contributed by atoms with Crippen LogP contribution in [0.1, 0.15) is 19.3 Å². The van der Waals surface area contributed by atoms with Gasteiger partial charge < -0.3 is 15.8 Å². The van der Waals surface area contributed by atoms with E-state index >= 15 is 0 Å². The maximum atomic E-state index is 5.63. The molecule has 0 aromatic rings. The standard InChI is InChI=1S/C9H18N2O/c10-5-8-4-9(7-12-8)2-1-3-11-6-9/h8,11H,1-7,10H2/t8-,9+/m0/s1. The van der Waals surface area contributed by atoms with E-state index < -0.39 is 0 Å². The van der Waals surface area contributed by atoms with E-state index in [1.807, 2.05) is 0 Å². The Labute approximate surface area is 73.7 Å². The predicted molar refractivity (Wildman–Crippen MR) is 47.9 cm³/mol. The molecule has 2 aliphatic rings. The van der Waals surface area contributed by atoms with Gasteiger partial charge in [-0.15, -0.1) is 0 Å². The van der Waals surface area contributed by atoms with Crippen molar-refractivity contribution in [3.8, 4) is 0 Å². The van der Waals surface area contributed by atoms with Crippen molar-refractivity contribution >= 4 is 0 Å². The Bertz CT molecular complexity index is 155. The number of hydrogen-bond donors (Lipinski definition) is 2. The van der Waals surface area contributed by atoms with Gasteiger partial charge in [0.15, 0.2) is 0 Å². The smallest absolute Gasteiger partial charge is 0.0704 e. The molecule has 0 unspecified atom stereocenters. The van der Waals surface area contributed by atoms with Crippen molar-refractivity contribution in [1.29, 1.82) is 0 Å². The van der Waals surface area contributed by atoms with Crippen LogP contribution in [0.3, 0.4) is 0 Å². The van der Waals surface area contributed by atoms with Crippen molar-refractivity contribution in [2.45, 2.75) is 25.4 Å². The van der Waals surface area contributed by atoms with Crippen LogP contribution < -0.4 is 11.1 Å². The van der Waals surface area contributed by atoms with Gasteiger partial charge in [0.05, 0.1) is 12.7 Å². The first-order valence-corrected chi connectivity index (χ1v) is 4.87. The summed E-state index contributed by atoms with van der Waals surface area (Å²) < 4.78 is 5.63. The first kappa shape index (κ1) is 8.48. The van der Waals surface area contributed by atoms with E-state index in [2.05, 4.69) is 5.32 Å². The molecule has 2 atom stereocenters. The Hall–Kier alpha value is -0.120. The van der Waals surface area contributed by atoms with E-state index in [0.717, 1.165) is 19.6 Å². The third kappa shape index (κ3) is 1.49. The highest BCUT2D eigenvalue weighted by Gasteiger charge is 2.40. The lowest BCUT2D eigenvalue weighted by Crippen LogP contribution is -2.40. The summed E-state index contributed by atoms with van der Waals surface area (Å²) in [6.45, 7) is 3.90. The highest BCUT2D eigenvalue weighted by Crippen LogP contribution is 2.37. The largest absolute Gasteiger partial charge is 0.376 e. The van der Waals surface area contributed by atoms with Crippen LogP contribution in [-0.2, 0) is 4.74 Å². The van der Waals surface area contributed by atoms with Crippen LogP contribution in [0.15, 0.2) is 0 Å².